The summed E-state index contributed by atoms with van der Waals surface area (Å²) in [4.78, 5) is 13.4. The number of rotatable bonds is 3. The maximum Gasteiger partial charge on any atom is 0.157 e. The Balaban J connectivity index is 1.66. The maximum absolute atomic E-state index is 6.17. The summed E-state index contributed by atoms with van der Waals surface area (Å²) < 4.78 is 0. The van der Waals surface area contributed by atoms with E-state index in [4.69, 9.17) is 33.2 Å². The minimum absolute atomic E-state index is 0.494. The normalized spacial score (nSPS) is 15.4. The van der Waals surface area contributed by atoms with Crippen molar-refractivity contribution in [2.45, 2.75) is 38.0 Å². The Kier molecular flexibility index (Phi) is 4.61. The first-order valence-electron chi connectivity index (χ1n) is 9.69. The van der Waals surface area contributed by atoms with E-state index in [0.29, 0.717) is 16.0 Å². The summed E-state index contributed by atoms with van der Waals surface area (Å²) in [5.74, 6) is 2.30. The quantitative estimate of drug-likeness (QED) is 0.375. The summed E-state index contributed by atoms with van der Waals surface area (Å²) in [6, 6.07) is 13.5. The Morgan fingerprint density at radius 1 is 0.929 bits per heavy atom. The van der Waals surface area contributed by atoms with Gasteiger partial charge in [-0.15, -0.1) is 0 Å². The molecule has 0 spiro atoms. The number of hydrogen-bond acceptors (Lipinski definition) is 3. The van der Waals surface area contributed by atoms with E-state index in [9.17, 15) is 0 Å². The Hall–Kier alpha value is -2.30. The Morgan fingerprint density at radius 3 is 2.46 bits per heavy atom. The summed E-state index contributed by atoms with van der Waals surface area (Å²) >= 11 is 12.3. The number of aromatic amines is 1. The lowest BCUT2D eigenvalue weighted by molar-refractivity contribution is 0.431. The highest BCUT2D eigenvalue weighted by atomic mass is 35.5. The first kappa shape index (κ1) is 17.8. The fourth-order valence-corrected chi connectivity index (χ4v) is 4.65. The number of fused-ring (bicyclic) bond motifs is 3. The lowest BCUT2D eigenvalue weighted by Gasteiger charge is -2.19. The average molecular weight is 411 g/mol. The van der Waals surface area contributed by atoms with Crippen LogP contribution in [0.4, 0.5) is 11.5 Å². The summed E-state index contributed by atoms with van der Waals surface area (Å²) in [5.41, 5.74) is 3.60. The van der Waals surface area contributed by atoms with Gasteiger partial charge in [-0.1, -0.05) is 60.7 Å². The number of benzene rings is 2. The first-order chi connectivity index (χ1) is 13.7. The summed E-state index contributed by atoms with van der Waals surface area (Å²) in [7, 11) is 0. The van der Waals surface area contributed by atoms with Crippen LogP contribution in [-0.2, 0) is 0 Å². The molecule has 1 aliphatic rings. The van der Waals surface area contributed by atoms with Crippen LogP contribution in [-0.4, -0.2) is 15.0 Å². The second-order valence-electron chi connectivity index (χ2n) is 7.44. The molecule has 2 heterocycles. The van der Waals surface area contributed by atoms with E-state index in [1.807, 2.05) is 30.3 Å². The molecule has 142 valence electrons. The minimum atomic E-state index is 0.494. The zero-order valence-electron chi connectivity index (χ0n) is 15.3. The van der Waals surface area contributed by atoms with Crippen LogP contribution in [0.1, 0.15) is 43.8 Å². The van der Waals surface area contributed by atoms with Gasteiger partial charge in [0.2, 0.25) is 0 Å². The van der Waals surface area contributed by atoms with Crippen LogP contribution in [0.15, 0.2) is 42.5 Å². The van der Waals surface area contributed by atoms with Gasteiger partial charge in [-0.25, -0.2) is 9.97 Å². The van der Waals surface area contributed by atoms with Crippen LogP contribution < -0.4 is 5.32 Å². The molecule has 6 heteroatoms. The molecule has 2 aromatic heterocycles. The lowest BCUT2D eigenvalue weighted by atomic mass is 9.89. The molecule has 4 nitrogen and oxygen atoms in total. The third-order valence-corrected chi connectivity index (χ3v) is 5.90. The second-order valence-corrected chi connectivity index (χ2v) is 8.31. The molecule has 2 N–H and O–H groups in total. The highest BCUT2D eigenvalue weighted by molar-refractivity contribution is 6.35. The van der Waals surface area contributed by atoms with E-state index in [0.717, 1.165) is 39.3 Å². The molecule has 1 saturated carbocycles. The van der Waals surface area contributed by atoms with Gasteiger partial charge in [0.25, 0.3) is 0 Å². The van der Waals surface area contributed by atoms with Crippen molar-refractivity contribution in [2.75, 3.05) is 5.32 Å². The number of anilines is 2. The van der Waals surface area contributed by atoms with E-state index < -0.39 is 0 Å². The summed E-state index contributed by atoms with van der Waals surface area (Å²) in [6.07, 6.45) is 6.25. The van der Waals surface area contributed by atoms with Crippen molar-refractivity contribution in [3.8, 4) is 0 Å². The molecule has 1 aliphatic carbocycles. The largest absolute Gasteiger partial charge is 0.339 e. The van der Waals surface area contributed by atoms with Gasteiger partial charge in [-0.05, 0) is 37.1 Å². The third-order valence-electron chi connectivity index (χ3n) is 5.47. The van der Waals surface area contributed by atoms with Crippen LogP contribution in [0.5, 0.6) is 0 Å². The Labute approximate surface area is 173 Å². The van der Waals surface area contributed by atoms with E-state index in [1.54, 1.807) is 6.07 Å². The van der Waals surface area contributed by atoms with Gasteiger partial charge in [0, 0.05) is 27.0 Å². The third kappa shape index (κ3) is 3.31. The fraction of sp³-hybridized carbons (Fsp3) is 0.273. The van der Waals surface area contributed by atoms with Crippen LogP contribution in [0, 0.1) is 0 Å². The maximum atomic E-state index is 6.17. The Bertz CT molecular complexity index is 1140. The van der Waals surface area contributed by atoms with Crippen LogP contribution >= 0.6 is 23.2 Å². The van der Waals surface area contributed by atoms with Crippen molar-refractivity contribution < 1.29 is 0 Å². The Morgan fingerprint density at radius 2 is 1.68 bits per heavy atom. The minimum Gasteiger partial charge on any atom is -0.339 e. The number of hydrogen-bond donors (Lipinski definition) is 2. The molecule has 2 aromatic carbocycles. The van der Waals surface area contributed by atoms with Crippen molar-refractivity contribution in [3.05, 3.63) is 58.3 Å². The van der Waals surface area contributed by atoms with E-state index >= 15 is 0 Å². The smallest absolute Gasteiger partial charge is 0.157 e. The van der Waals surface area contributed by atoms with Crippen molar-refractivity contribution in [1.29, 1.82) is 0 Å². The van der Waals surface area contributed by atoms with Gasteiger partial charge in [0.05, 0.1) is 5.52 Å². The van der Waals surface area contributed by atoms with Gasteiger partial charge in [-0.3, -0.25) is 0 Å². The first-order valence-corrected chi connectivity index (χ1v) is 10.4. The highest BCUT2D eigenvalue weighted by Crippen LogP contribution is 2.36. The van der Waals surface area contributed by atoms with Crippen LogP contribution in [0.2, 0.25) is 10.0 Å². The molecular weight excluding hydrogens is 391 g/mol. The molecule has 0 bridgehead atoms. The molecule has 0 atom stereocenters. The molecule has 5 rings (SSSR count). The SMILES string of the molecule is Clc1cc(Cl)cc(Nc2nc3ccccc3c3nc(C4CCCCC4)[nH]c23)c1. The molecule has 0 aliphatic heterocycles. The number of nitrogens with one attached hydrogen (secondary N) is 2. The number of pyridine rings is 1. The van der Waals surface area contributed by atoms with Gasteiger partial charge < -0.3 is 10.3 Å². The van der Waals surface area contributed by atoms with E-state index in [-0.39, 0.29) is 0 Å². The molecule has 0 saturated heterocycles. The predicted octanol–water partition coefficient (Wildman–Crippen LogP) is 7.21. The molecule has 1 fully saturated rings. The van der Waals surface area contributed by atoms with Crippen LogP contribution in [0.25, 0.3) is 21.9 Å². The molecule has 4 aromatic rings. The summed E-state index contributed by atoms with van der Waals surface area (Å²) in [6.45, 7) is 0. The van der Waals surface area contributed by atoms with Crippen molar-refractivity contribution in [2.24, 2.45) is 0 Å². The number of aromatic nitrogens is 3. The number of imidazole rings is 1. The molecule has 28 heavy (non-hydrogen) atoms. The van der Waals surface area contributed by atoms with Crippen molar-refractivity contribution in [1.82, 2.24) is 15.0 Å². The van der Waals surface area contributed by atoms with Gasteiger partial charge >= 0.3 is 0 Å². The topological polar surface area (TPSA) is 53.6 Å². The van der Waals surface area contributed by atoms with Crippen molar-refractivity contribution in [3.63, 3.8) is 0 Å². The van der Waals surface area contributed by atoms with Crippen LogP contribution in [0.3, 0.4) is 0 Å². The molecular formula is C22H20Cl2N4. The predicted molar refractivity (Wildman–Crippen MR) is 117 cm³/mol. The van der Waals surface area contributed by atoms with Gasteiger partial charge in [0.15, 0.2) is 5.82 Å². The monoisotopic (exact) mass is 410 g/mol. The fourth-order valence-electron chi connectivity index (χ4n) is 4.13. The van der Waals surface area contributed by atoms with Gasteiger partial charge in [-0.2, -0.15) is 0 Å². The number of nitrogens with zero attached hydrogens (tertiary/aromatic N) is 2. The number of para-hydroxylation sites is 1. The van der Waals surface area contributed by atoms with Gasteiger partial charge in [0.1, 0.15) is 16.9 Å². The molecule has 0 unspecified atom stereocenters. The van der Waals surface area contributed by atoms with Crippen molar-refractivity contribution >= 4 is 56.6 Å². The highest BCUT2D eigenvalue weighted by Gasteiger charge is 2.21. The number of H-pyrrole nitrogens is 1. The zero-order valence-corrected chi connectivity index (χ0v) is 16.8. The summed E-state index contributed by atoms with van der Waals surface area (Å²) in [5, 5.41) is 5.61. The second kappa shape index (κ2) is 7.26. The standard InChI is InChI=1S/C22H20Cl2N4/c23-14-10-15(24)12-16(11-14)25-22-20-19(17-8-4-5-9-18(17)26-22)27-21(28-20)13-6-2-1-3-7-13/h4-5,8-13H,1-3,6-7H2,(H,25,26)(H,27,28). The molecule has 0 radical (unpaired) electrons. The number of halogens is 2. The average Bonchev–Trinajstić information content (AvgIpc) is 3.14. The molecule has 0 amide bonds. The lowest BCUT2D eigenvalue weighted by Crippen LogP contribution is -2.06. The zero-order chi connectivity index (χ0) is 19.1. The van der Waals surface area contributed by atoms with E-state index in [2.05, 4.69) is 16.4 Å². The van der Waals surface area contributed by atoms with E-state index in [1.165, 1.54) is 32.1 Å².